The normalized spacial score (nSPS) is 10.6. The predicted molar refractivity (Wildman–Crippen MR) is 103 cm³/mol. The van der Waals surface area contributed by atoms with Gasteiger partial charge in [-0.05, 0) is 55.3 Å². The van der Waals surface area contributed by atoms with Gasteiger partial charge in [0.15, 0.2) is 5.76 Å². The van der Waals surface area contributed by atoms with Crippen LogP contribution in [0.15, 0.2) is 52.9 Å². The number of rotatable bonds is 5. The SMILES string of the molecule is Cc1ccc(C)c(NC(=O)c2ccc(COc3cccc(Cl)c3Cl)o2)c1. The molecule has 0 aliphatic heterocycles. The number of nitrogens with one attached hydrogen (secondary N) is 1. The summed E-state index contributed by atoms with van der Waals surface area (Å²) in [6.45, 7) is 4.04. The van der Waals surface area contributed by atoms with Gasteiger partial charge in [-0.1, -0.05) is 41.4 Å². The highest BCUT2D eigenvalue weighted by atomic mass is 35.5. The van der Waals surface area contributed by atoms with Gasteiger partial charge in [-0.3, -0.25) is 4.79 Å². The molecule has 26 heavy (non-hydrogen) atoms. The maximum Gasteiger partial charge on any atom is 0.291 e. The van der Waals surface area contributed by atoms with Gasteiger partial charge in [0.1, 0.15) is 23.1 Å². The molecule has 0 fully saturated rings. The molecule has 0 atom stereocenters. The van der Waals surface area contributed by atoms with Crippen LogP contribution in [0.4, 0.5) is 5.69 Å². The number of benzene rings is 2. The number of halogens is 2. The van der Waals surface area contributed by atoms with Gasteiger partial charge in [0.25, 0.3) is 5.91 Å². The van der Waals surface area contributed by atoms with E-state index in [2.05, 4.69) is 5.32 Å². The Bertz CT molecular complexity index is 950. The Morgan fingerprint density at radius 1 is 1.12 bits per heavy atom. The Balaban J connectivity index is 1.66. The number of carbonyl (C=O) groups is 1. The standard InChI is InChI=1S/C20H17Cl2NO3/c1-12-6-7-13(2)16(10-12)23-20(24)18-9-8-14(26-18)11-25-17-5-3-4-15(21)19(17)22/h3-10H,11H2,1-2H3,(H,23,24). The van der Waals surface area contributed by atoms with Crippen molar-refractivity contribution in [1.29, 1.82) is 0 Å². The Kier molecular flexibility index (Phi) is 5.55. The van der Waals surface area contributed by atoms with E-state index in [1.54, 1.807) is 30.3 Å². The summed E-state index contributed by atoms with van der Waals surface area (Å²) in [6, 6.07) is 14.3. The molecule has 0 aliphatic carbocycles. The van der Waals surface area contributed by atoms with E-state index < -0.39 is 0 Å². The third-order valence-corrected chi connectivity index (χ3v) is 4.61. The summed E-state index contributed by atoms with van der Waals surface area (Å²) in [6.07, 6.45) is 0. The summed E-state index contributed by atoms with van der Waals surface area (Å²) in [7, 11) is 0. The quantitative estimate of drug-likeness (QED) is 0.578. The average Bonchev–Trinajstić information content (AvgIpc) is 3.08. The molecule has 1 heterocycles. The molecule has 3 aromatic rings. The number of hydrogen-bond donors (Lipinski definition) is 1. The zero-order valence-corrected chi connectivity index (χ0v) is 15.8. The van der Waals surface area contributed by atoms with E-state index in [4.69, 9.17) is 32.4 Å². The number of amides is 1. The van der Waals surface area contributed by atoms with Crippen molar-refractivity contribution >= 4 is 34.8 Å². The van der Waals surface area contributed by atoms with Crippen LogP contribution >= 0.6 is 23.2 Å². The van der Waals surface area contributed by atoms with Crippen molar-refractivity contribution in [2.24, 2.45) is 0 Å². The number of ether oxygens (including phenoxy) is 1. The van der Waals surface area contributed by atoms with Crippen LogP contribution in [-0.4, -0.2) is 5.91 Å². The van der Waals surface area contributed by atoms with Gasteiger partial charge in [-0.25, -0.2) is 0 Å². The highest BCUT2D eigenvalue weighted by Crippen LogP contribution is 2.32. The van der Waals surface area contributed by atoms with Crippen LogP contribution in [-0.2, 0) is 6.61 Å². The fraction of sp³-hybridized carbons (Fsp3) is 0.150. The second kappa shape index (κ2) is 7.85. The molecular weight excluding hydrogens is 373 g/mol. The summed E-state index contributed by atoms with van der Waals surface area (Å²) in [5.74, 6) is 0.858. The molecule has 2 aromatic carbocycles. The lowest BCUT2D eigenvalue weighted by Crippen LogP contribution is -2.12. The molecule has 6 heteroatoms. The molecule has 1 aromatic heterocycles. The number of aryl methyl sites for hydroxylation is 2. The summed E-state index contributed by atoms with van der Waals surface area (Å²) in [5.41, 5.74) is 2.81. The lowest BCUT2D eigenvalue weighted by atomic mass is 10.1. The Labute approximate surface area is 161 Å². The molecule has 0 bridgehead atoms. The lowest BCUT2D eigenvalue weighted by Gasteiger charge is -2.08. The molecular formula is C20H17Cl2NO3. The van der Waals surface area contributed by atoms with Crippen molar-refractivity contribution in [2.45, 2.75) is 20.5 Å². The Morgan fingerprint density at radius 2 is 1.92 bits per heavy atom. The first-order valence-corrected chi connectivity index (χ1v) is 8.74. The molecule has 0 saturated carbocycles. The van der Waals surface area contributed by atoms with Crippen molar-refractivity contribution in [3.8, 4) is 5.75 Å². The third-order valence-electron chi connectivity index (χ3n) is 3.81. The maximum atomic E-state index is 12.4. The van der Waals surface area contributed by atoms with Gasteiger partial charge >= 0.3 is 0 Å². The highest BCUT2D eigenvalue weighted by Gasteiger charge is 2.14. The fourth-order valence-corrected chi connectivity index (χ4v) is 2.72. The van der Waals surface area contributed by atoms with E-state index in [0.29, 0.717) is 21.6 Å². The van der Waals surface area contributed by atoms with Crippen LogP contribution in [0.1, 0.15) is 27.4 Å². The van der Waals surface area contributed by atoms with Crippen LogP contribution in [0.5, 0.6) is 5.75 Å². The molecule has 0 spiro atoms. The van der Waals surface area contributed by atoms with Gasteiger partial charge in [-0.15, -0.1) is 0 Å². The molecule has 1 amide bonds. The summed E-state index contributed by atoms with van der Waals surface area (Å²) in [5, 5.41) is 3.61. The molecule has 0 saturated heterocycles. The van der Waals surface area contributed by atoms with Crippen molar-refractivity contribution < 1.29 is 13.9 Å². The number of anilines is 1. The van der Waals surface area contributed by atoms with Gasteiger partial charge in [-0.2, -0.15) is 0 Å². The number of carbonyl (C=O) groups excluding carboxylic acids is 1. The second-order valence-electron chi connectivity index (χ2n) is 5.88. The topological polar surface area (TPSA) is 51.5 Å². The third kappa shape index (κ3) is 4.21. The van der Waals surface area contributed by atoms with Crippen LogP contribution in [0.25, 0.3) is 0 Å². The number of furan rings is 1. The van der Waals surface area contributed by atoms with Crippen molar-refractivity contribution in [3.63, 3.8) is 0 Å². The van der Waals surface area contributed by atoms with E-state index in [-0.39, 0.29) is 18.3 Å². The van der Waals surface area contributed by atoms with E-state index >= 15 is 0 Å². The molecule has 3 rings (SSSR count). The first kappa shape index (κ1) is 18.4. The highest BCUT2D eigenvalue weighted by molar-refractivity contribution is 6.42. The van der Waals surface area contributed by atoms with Crippen LogP contribution in [0, 0.1) is 13.8 Å². The second-order valence-corrected chi connectivity index (χ2v) is 6.66. The van der Waals surface area contributed by atoms with E-state index in [1.807, 2.05) is 32.0 Å². The van der Waals surface area contributed by atoms with Gasteiger partial charge in [0, 0.05) is 5.69 Å². The first-order chi connectivity index (χ1) is 12.4. The Morgan fingerprint density at radius 3 is 2.73 bits per heavy atom. The van der Waals surface area contributed by atoms with Crippen molar-refractivity contribution in [1.82, 2.24) is 0 Å². The minimum atomic E-state index is -0.314. The summed E-state index contributed by atoms with van der Waals surface area (Å²) < 4.78 is 11.2. The monoisotopic (exact) mass is 389 g/mol. The fourth-order valence-electron chi connectivity index (χ4n) is 2.38. The van der Waals surface area contributed by atoms with Crippen molar-refractivity contribution in [2.75, 3.05) is 5.32 Å². The summed E-state index contributed by atoms with van der Waals surface area (Å²) in [4.78, 5) is 12.4. The smallest absolute Gasteiger partial charge is 0.291 e. The minimum Gasteiger partial charge on any atom is -0.484 e. The molecule has 134 valence electrons. The zero-order valence-electron chi connectivity index (χ0n) is 14.3. The largest absolute Gasteiger partial charge is 0.484 e. The summed E-state index contributed by atoms with van der Waals surface area (Å²) >= 11 is 12.0. The van der Waals surface area contributed by atoms with Crippen molar-refractivity contribution in [3.05, 3.63) is 81.2 Å². The molecule has 4 nitrogen and oxygen atoms in total. The molecule has 0 unspecified atom stereocenters. The molecule has 0 aliphatic rings. The van der Waals surface area contributed by atoms with Gasteiger partial charge in [0.05, 0.1) is 5.02 Å². The first-order valence-electron chi connectivity index (χ1n) is 7.98. The maximum absolute atomic E-state index is 12.4. The average molecular weight is 390 g/mol. The predicted octanol–water partition coefficient (Wildman–Crippen LogP) is 6.03. The van der Waals surface area contributed by atoms with E-state index in [1.165, 1.54) is 0 Å². The van der Waals surface area contributed by atoms with E-state index in [9.17, 15) is 4.79 Å². The zero-order chi connectivity index (χ0) is 18.7. The molecule has 1 N–H and O–H groups in total. The minimum absolute atomic E-state index is 0.136. The van der Waals surface area contributed by atoms with Gasteiger partial charge in [0.2, 0.25) is 0 Å². The number of hydrogen-bond acceptors (Lipinski definition) is 3. The van der Waals surface area contributed by atoms with E-state index in [0.717, 1.165) is 16.8 Å². The molecule has 0 radical (unpaired) electrons. The van der Waals surface area contributed by atoms with Crippen LogP contribution in [0.2, 0.25) is 10.0 Å². The van der Waals surface area contributed by atoms with Gasteiger partial charge < -0.3 is 14.5 Å². The Hall–Kier alpha value is -2.43. The lowest BCUT2D eigenvalue weighted by molar-refractivity contribution is 0.0992. The van der Waals surface area contributed by atoms with Crippen LogP contribution in [0.3, 0.4) is 0 Å². The van der Waals surface area contributed by atoms with Crippen LogP contribution < -0.4 is 10.1 Å².